The van der Waals surface area contributed by atoms with Crippen LogP contribution >= 0.6 is 0 Å². The minimum absolute atomic E-state index is 0.0836. The van der Waals surface area contributed by atoms with Gasteiger partial charge in [0.2, 0.25) is 0 Å². The lowest BCUT2D eigenvalue weighted by Crippen LogP contribution is -2.02. The first kappa shape index (κ1) is 9.90. The molecule has 1 aromatic rings. The second-order valence-corrected chi connectivity index (χ2v) is 3.58. The third kappa shape index (κ3) is 2.14. The van der Waals surface area contributed by atoms with Gasteiger partial charge in [-0.15, -0.1) is 0 Å². The molecular formula is C11H15NO. The summed E-state index contributed by atoms with van der Waals surface area (Å²) in [5.41, 5.74) is 2.60. The Labute approximate surface area is 79.0 Å². The fourth-order valence-corrected chi connectivity index (χ4v) is 1.27. The van der Waals surface area contributed by atoms with Gasteiger partial charge in [0, 0.05) is 17.0 Å². The van der Waals surface area contributed by atoms with Crippen molar-refractivity contribution in [2.45, 2.75) is 33.6 Å². The molecule has 0 saturated heterocycles. The number of carbonyl (C=O) groups excluding carboxylic acids is 1. The predicted octanol–water partition coefficient (Wildman–Crippen LogP) is 2.72. The van der Waals surface area contributed by atoms with Crippen molar-refractivity contribution in [2.75, 3.05) is 0 Å². The zero-order valence-electron chi connectivity index (χ0n) is 8.59. The van der Waals surface area contributed by atoms with E-state index in [1.54, 1.807) is 6.92 Å². The number of nitrogens with zero attached hydrogens (tertiary/aromatic N) is 1. The van der Waals surface area contributed by atoms with Gasteiger partial charge in [0.15, 0.2) is 5.78 Å². The number of aryl methyl sites for hydroxylation is 1. The van der Waals surface area contributed by atoms with Gasteiger partial charge in [-0.3, -0.25) is 9.78 Å². The van der Waals surface area contributed by atoms with E-state index in [0.29, 0.717) is 5.92 Å². The Morgan fingerprint density at radius 1 is 1.38 bits per heavy atom. The van der Waals surface area contributed by atoms with E-state index in [4.69, 9.17) is 0 Å². The SMILES string of the molecule is CC(=O)c1ccc(C(C)C)nc1C. The molecule has 0 aromatic carbocycles. The van der Waals surface area contributed by atoms with E-state index in [1.165, 1.54) is 0 Å². The zero-order chi connectivity index (χ0) is 10.0. The number of Topliss-reactive ketones (excluding diaryl/α,β-unsaturated/α-hetero) is 1. The standard InChI is InChI=1S/C11H15NO/c1-7(2)11-6-5-10(9(4)13)8(3)12-11/h5-7H,1-4H3. The first-order chi connectivity index (χ1) is 6.02. The van der Waals surface area contributed by atoms with Crippen molar-refractivity contribution >= 4 is 5.78 Å². The van der Waals surface area contributed by atoms with Crippen LogP contribution in [0.2, 0.25) is 0 Å². The third-order valence-electron chi connectivity index (χ3n) is 2.08. The first-order valence-electron chi connectivity index (χ1n) is 4.51. The molecule has 2 nitrogen and oxygen atoms in total. The minimum atomic E-state index is 0.0836. The van der Waals surface area contributed by atoms with Crippen molar-refractivity contribution in [1.82, 2.24) is 4.98 Å². The molecule has 0 aliphatic rings. The molecular weight excluding hydrogens is 162 g/mol. The average molecular weight is 177 g/mol. The topological polar surface area (TPSA) is 30.0 Å². The van der Waals surface area contributed by atoms with Crippen LogP contribution in [0.5, 0.6) is 0 Å². The molecule has 13 heavy (non-hydrogen) atoms. The fourth-order valence-electron chi connectivity index (χ4n) is 1.27. The van der Waals surface area contributed by atoms with Crippen molar-refractivity contribution < 1.29 is 4.79 Å². The molecule has 0 atom stereocenters. The summed E-state index contributed by atoms with van der Waals surface area (Å²) in [6, 6.07) is 3.79. The maximum absolute atomic E-state index is 11.1. The molecule has 0 amide bonds. The van der Waals surface area contributed by atoms with Gasteiger partial charge in [0.25, 0.3) is 0 Å². The molecule has 1 aromatic heterocycles. The second-order valence-electron chi connectivity index (χ2n) is 3.58. The number of rotatable bonds is 2. The highest BCUT2D eigenvalue weighted by atomic mass is 16.1. The number of hydrogen-bond donors (Lipinski definition) is 0. The van der Waals surface area contributed by atoms with E-state index < -0.39 is 0 Å². The Kier molecular flexibility index (Phi) is 2.81. The Bertz CT molecular complexity index is 329. The number of aromatic nitrogens is 1. The number of ketones is 1. The Morgan fingerprint density at radius 3 is 2.38 bits per heavy atom. The molecule has 0 unspecified atom stereocenters. The lowest BCUT2D eigenvalue weighted by molar-refractivity contribution is 0.101. The van der Waals surface area contributed by atoms with Crippen LogP contribution in [0.4, 0.5) is 0 Å². The van der Waals surface area contributed by atoms with Crippen LogP contribution < -0.4 is 0 Å². The summed E-state index contributed by atoms with van der Waals surface area (Å²) in [5.74, 6) is 0.500. The Morgan fingerprint density at radius 2 is 2.00 bits per heavy atom. The third-order valence-corrected chi connectivity index (χ3v) is 2.08. The van der Waals surface area contributed by atoms with Gasteiger partial charge in [0.1, 0.15) is 0 Å². The van der Waals surface area contributed by atoms with E-state index in [2.05, 4.69) is 18.8 Å². The lowest BCUT2D eigenvalue weighted by Gasteiger charge is -2.07. The number of carbonyl (C=O) groups is 1. The van der Waals surface area contributed by atoms with Crippen molar-refractivity contribution in [1.29, 1.82) is 0 Å². The molecule has 0 bridgehead atoms. The smallest absolute Gasteiger partial charge is 0.161 e. The second kappa shape index (κ2) is 3.69. The van der Waals surface area contributed by atoms with Crippen molar-refractivity contribution in [3.8, 4) is 0 Å². The molecule has 1 heterocycles. The van der Waals surface area contributed by atoms with Crippen LogP contribution in [-0.4, -0.2) is 10.8 Å². The summed E-state index contributed by atoms with van der Waals surface area (Å²) in [7, 11) is 0. The molecule has 0 N–H and O–H groups in total. The highest BCUT2D eigenvalue weighted by Gasteiger charge is 2.07. The Hall–Kier alpha value is -1.18. The average Bonchev–Trinajstić information content (AvgIpc) is 2.03. The predicted molar refractivity (Wildman–Crippen MR) is 53.1 cm³/mol. The van der Waals surface area contributed by atoms with Crippen LogP contribution in [0.25, 0.3) is 0 Å². The molecule has 0 radical (unpaired) electrons. The van der Waals surface area contributed by atoms with E-state index in [0.717, 1.165) is 17.0 Å². The molecule has 0 fully saturated rings. The van der Waals surface area contributed by atoms with Crippen LogP contribution in [0.3, 0.4) is 0 Å². The molecule has 70 valence electrons. The minimum Gasteiger partial charge on any atom is -0.294 e. The quantitative estimate of drug-likeness (QED) is 0.650. The first-order valence-corrected chi connectivity index (χ1v) is 4.51. The molecule has 0 aliphatic heterocycles. The summed E-state index contributed by atoms with van der Waals surface area (Å²) >= 11 is 0. The van der Waals surface area contributed by atoms with Crippen molar-refractivity contribution in [2.24, 2.45) is 0 Å². The van der Waals surface area contributed by atoms with Gasteiger partial charge in [-0.05, 0) is 31.9 Å². The van der Waals surface area contributed by atoms with E-state index >= 15 is 0 Å². The van der Waals surface area contributed by atoms with Crippen molar-refractivity contribution in [3.05, 3.63) is 29.1 Å². The summed E-state index contributed by atoms with van der Waals surface area (Å²) < 4.78 is 0. The van der Waals surface area contributed by atoms with Crippen molar-refractivity contribution in [3.63, 3.8) is 0 Å². The fraction of sp³-hybridized carbons (Fsp3) is 0.455. The highest BCUT2D eigenvalue weighted by Crippen LogP contribution is 2.14. The van der Waals surface area contributed by atoms with Gasteiger partial charge in [-0.1, -0.05) is 13.8 Å². The monoisotopic (exact) mass is 177 g/mol. The summed E-state index contributed by atoms with van der Waals surface area (Å²) in [6.45, 7) is 7.63. The largest absolute Gasteiger partial charge is 0.294 e. The van der Waals surface area contributed by atoms with Gasteiger partial charge in [-0.2, -0.15) is 0 Å². The van der Waals surface area contributed by atoms with Crippen LogP contribution in [0.15, 0.2) is 12.1 Å². The molecule has 0 spiro atoms. The molecule has 0 saturated carbocycles. The number of pyridine rings is 1. The Balaban J connectivity index is 3.13. The summed E-state index contributed by atoms with van der Waals surface area (Å²) in [6.07, 6.45) is 0. The number of hydrogen-bond acceptors (Lipinski definition) is 2. The van der Waals surface area contributed by atoms with Gasteiger partial charge < -0.3 is 0 Å². The lowest BCUT2D eigenvalue weighted by atomic mass is 10.1. The van der Waals surface area contributed by atoms with Gasteiger partial charge in [-0.25, -0.2) is 0 Å². The van der Waals surface area contributed by atoms with E-state index in [1.807, 2.05) is 19.1 Å². The van der Waals surface area contributed by atoms with Crippen LogP contribution in [0, 0.1) is 6.92 Å². The van der Waals surface area contributed by atoms with Gasteiger partial charge >= 0.3 is 0 Å². The van der Waals surface area contributed by atoms with E-state index in [-0.39, 0.29) is 5.78 Å². The maximum Gasteiger partial charge on any atom is 0.161 e. The molecule has 1 rings (SSSR count). The van der Waals surface area contributed by atoms with Crippen LogP contribution in [0.1, 0.15) is 48.4 Å². The summed E-state index contributed by atoms with van der Waals surface area (Å²) in [4.78, 5) is 15.5. The normalized spacial score (nSPS) is 10.5. The zero-order valence-corrected chi connectivity index (χ0v) is 8.59. The molecule has 2 heteroatoms. The highest BCUT2D eigenvalue weighted by molar-refractivity contribution is 5.95. The van der Waals surface area contributed by atoms with Crippen LogP contribution in [-0.2, 0) is 0 Å². The maximum atomic E-state index is 11.1. The molecule has 0 aliphatic carbocycles. The van der Waals surface area contributed by atoms with E-state index in [9.17, 15) is 4.79 Å². The summed E-state index contributed by atoms with van der Waals surface area (Å²) in [5, 5.41) is 0. The van der Waals surface area contributed by atoms with Gasteiger partial charge in [0.05, 0.1) is 0 Å².